The molecule has 6 nitrogen and oxygen atoms in total. The predicted octanol–water partition coefficient (Wildman–Crippen LogP) is -2.69. The highest BCUT2D eigenvalue weighted by atomic mass is 16.6. The third-order valence-corrected chi connectivity index (χ3v) is 1.05. The zero-order chi connectivity index (χ0) is 8.69. The monoisotopic (exact) mass is 163 g/mol. The Kier molecular flexibility index (Phi) is 5.67. The SMILES string of the molecule is NOCCNC(=O)C(N)CO. The van der Waals surface area contributed by atoms with Gasteiger partial charge in [0.25, 0.3) is 0 Å². The molecule has 0 aliphatic carbocycles. The molecule has 0 heterocycles. The smallest absolute Gasteiger partial charge is 0.239 e. The van der Waals surface area contributed by atoms with E-state index < -0.39 is 11.9 Å². The van der Waals surface area contributed by atoms with Crippen molar-refractivity contribution in [2.45, 2.75) is 6.04 Å². The molecular formula is C5H13N3O3. The van der Waals surface area contributed by atoms with Gasteiger partial charge in [-0.3, -0.25) is 4.79 Å². The molecule has 0 fully saturated rings. The molecule has 11 heavy (non-hydrogen) atoms. The predicted molar refractivity (Wildman–Crippen MR) is 38.2 cm³/mol. The molecule has 0 aromatic carbocycles. The number of hydrogen-bond acceptors (Lipinski definition) is 5. The minimum absolute atomic E-state index is 0.226. The standard InChI is InChI=1S/C5H13N3O3/c6-4(3-9)5(10)8-1-2-11-7/h4,9H,1-3,6-7H2,(H,8,10). The van der Waals surface area contributed by atoms with Gasteiger partial charge >= 0.3 is 0 Å². The van der Waals surface area contributed by atoms with Crippen molar-refractivity contribution in [2.75, 3.05) is 19.8 Å². The second-order valence-corrected chi connectivity index (χ2v) is 1.95. The molecule has 0 saturated carbocycles. The van der Waals surface area contributed by atoms with Gasteiger partial charge in [-0.1, -0.05) is 0 Å². The van der Waals surface area contributed by atoms with Gasteiger partial charge in [-0.25, -0.2) is 5.90 Å². The number of nitrogens with one attached hydrogen (secondary N) is 1. The van der Waals surface area contributed by atoms with Crippen LogP contribution in [0.1, 0.15) is 0 Å². The first-order chi connectivity index (χ1) is 5.22. The molecule has 0 aliphatic heterocycles. The molecule has 6 heteroatoms. The molecule has 6 N–H and O–H groups in total. The molecule has 1 unspecified atom stereocenters. The minimum atomic E-state index is -0.868. The maximum absolute atomic E-state index is 10.8. The summed E-state index contributed by atoms with van der Waals surface area (Å²) >= 11 is 0. The van der Waals surface area contributed by atoms with E-state index in [-0.39, 0.29) is 13.2 Å². The molecule has 0 aromatic rings. The van der Waals surface area contributed by atoms with E-state index in [1.165, 1.54) is 0 Å². The van der Waals surface area contributed by atoms with Crippen molar-refractivity contribution in [3.05, 3.63) is 0 Å². The molecule has 1 amide bonds. The fourth-order valence-electron chi connectivity index (χ4n) is 0.447. The summed E-state index contributed by atoms with van der Waals surface area (Å²) in [5.41, 5.74) is 5.16. The number of hydrogen-bond donors (Lipinski definition) is 4. The highest BCUT2D eigenvalue weighted by Gasteiger charge is 2.09. The summed E-state index contributed by atoms with van der Waals surface area (Å²) in [6.07, 6.45) is 0. The van der Waals surface area contributed by atoms with Gasteiger partial charge in [-0.2, -0.15) is 0 Å². The van der Waals surface area contributed by atoms with Crippen LogP contribution in [0.2, 0.25) is 0 Å². The Morgan fingerprint density at radius 2 is 2.36 bits per heavy atom. The Morgan fingerprint density at radius 3 is 2.82 bits per heavy atom. The Bertz CT molecular complexity index is 120. The maximum atomic E-state index is 10.8. The van der Waals surface area contributed by atoms with E-state index >= 15 is 0 Å². The minimum Gasteiger partial charge on any atom is -0.394 e. The lowest BCUT2D eigenvalue weighted by molar-refractivity contribution is -0.123. The van der Waals surface area contributed by atoms with Crippen molar-refractivity contribution in [2.24, 2.45) is 11.6 Å². The van der Waals surface area contributed by atoms with E-state index in [0.717, 1.165) is 0 Å². The average molecular weight is 163 g/mol. The van der Waals surface area contributed by atoms with Gasteiger partial charge in [0.15, 0.2) is 0 Å². The lowest BCUT2D eigenvalue weighted by Gasteiger charge is -2.07. The molecule has 0 spiro atoms. The molecule has 0 aliphatic rings. The quantitative estimate of drug-likeness (QED) is 0.260. The van der Waals surface area contributed by atoms with E-state index in [1.54, 1.807) is 0 Å². The van der Waals surface area contributed by atoms with Crippen LogP contribution in [0.5, 0.6) is 0 Å². The normalized spacial score (nSPS) is 12.6. The third kappa shape index (κ3) is 4.68. The number of aliphatic hydroxyl groups is 1. The lowest BCUT2D eigenvalue weighted by Crippen LogP contribution is -2.44. The van der Waals surface area contributed by atoms with Gasteiger partial charge < -0.3 is 21.0 Å². The number of aliphatic hydroxyl groups excluding tert-OH is 1. The Hall–Kier alpha value is -0.690. The maximum Gasteiger partial charge on any atom is 0.239 e. The molecular weight excluding hydrogens is 150 g/mol. The summed E-state index contributed by atoms with van der Waals surface area (Å²) in [6, 6.07) is -0.868. The van der Waals surface area contributed by atoms with Crippen LogP contribution in [0.25, 0.3) is 0 Å². The van der Waals surface area contributed by atoms with Crippen molar-refractivity contribution >= 4 is 5.91 Å². The largest absolute Gasteiger partial charge is 0.394 e. The summed E-state index contributed by atoms with van der Waals surface area (Å²) in [4.78, 5) is 14.9. The van der Waals surface area contributed by atoms with Crippen molar-refractivity contribution in [3.8, 4) is 0 Å². The second-order valence-electron chi connectivity index (χ2n) is 1.95. The van der Waals surface area contributed by atoms with Gasteiger partial charge in [0.2, 0.25) is 5.91 Å². The van der Waals surface area contributed by atoms with E-state index in [0.29, 0.717) is 6.54 Å². The summed E-state index contributed by atoms with van der Waals surface area (Å²) in [6.45, 7) is 0.155. The zero-order valence-electron chi connectivity index (χ0n) is 6.12. The van der Waals surface area contributed by atoms with Gasteiger partial charge in [-0.15, -0.1) is 0 Å². The van der Waals surface area contributed by atoms with E-state index in [4.69, 9.17) is 16.7 Å². The molecule has 0 aromatic heterocycles. The van der Waals surface area contributed by atoms with Crippen molar-refractivity contribution in [1.29, 1.82) is 0 Å². The van der Waals surface area contributed by atoms with Crippen molar-refractivity contribution in [1.82, 2.24) is 5.32 Å². The van der Waals surface area contributed by atoms with E-state index in [9.17, 15) is 4.79 Å². The Labute approximate surface area is 64.5 Å². The van der Waals surface area contributed by atoms with Crippen LogP contribution in [0, 0.1) is 0 Å². The molecule has 1 atom stereocenters. The van der Waals surface area contributed by atoms with Crippen LogP contribution in [-0.4, -0.2) is 36.8 Å². The number of carbonyl (C=O) groups excluding carboxylic acids is 1. The Balaban J connectivity index is 3.36. The summed E-state index contributed by atoms with van der Waals surface area (Å²) in [7, 11) is 0. The van der Waals surface area contributed by atoms with Gasteiger partial charge in [0.05, 0.1) is 13.2 Å². The first-order valence-electron chi connectivity index (χ1n) is 3.18. The summed E-state index contributed by atoms with van der Waals surface area (Å²) in [5.74, 6) is 4.28. The molecule has 0 rings (SSSR count). The Morgan fingerprint density at radius 1 is 1.73 bits per heavy atom. The molecule has 0 bridgehead atoms. The van der Waals surface area contributed by atoms with Gasteiger partial charge in [0, 0.05) is 6.54 Å². The fourth-order valence-corrected chi connectivity index (χ4v) is 0.447. The van der Waals surface area contributed by atoms with Crippen LogP contribution in [0.4, 0.5) is 0 Å². The summed E-state index contributed by atoms with van der Waals surface area (Å²) < 4.78 is 0. The number of nitrogens with two attached hydrogens (primary N) is 2. The number of rotatable bonds is 5. The van der Waals surface area contributed by atoms with Crippen molar-refractivity contribution < 1.29 is 14.7 Å². The van der Waals surface area contributed by atoms with Gasteiger partial charge in [0.1, 0.15) is 6.04 Å². The first-order valence-corrected chi connectivity index (χ1v) is 3.18. The van der Waals surface area contributed by atoms with Gasteiger partial charge in [-0.05, 0) is 0 Å². The lowest BCUT2D eigenvalue weighted by atomic mass is 10.3. The number of carbonyl (C=O) groups is 1. The summed E-state index contributed by atoms with van der Waals surface area (Å²) in [5, 5.41) is 10.8. The van der Waals surface area contributed by atoms with Crippen LogP contribution in [0.15, 0.2) is 0 Å². The first kappa shape index (κ1) is 10.3. The average Bonchev–Trinajstić information content (AvgIpc) is 2.03. The third-order valence-electron chi connectivity index (χ3n) is 1.05. The van der Waals surface area contributed by atoms with Crippen LogP contribution in [0.3, 0.4) is 0 Å². The van der Waals surface area contributed by atoms with E-state index in [1.807, 2.05) is 0 Å². The molecule has 0 saturated heterocycles. The molecule has 0 radical (unpaired) electrons. The van der Waals surface area contributed by atoms with Crippen molar-refractivity contribution in [3.63, 3.8) is 0 Å². The van der Waals surface area contributed by atoms with Crippen LogP contribution in [-0.2, 0) is 9.63 Å². The van der Waals surface area contributed by atoms with Crippen LogP contribution >= 0.6 is 0 Å². The molecule has 66 valence electrons. The number of amides is 1. The zero-order valence-corrected chi connectivity index (χ0v) is 6.12. The van der Waals surface area contributed by atoms with Crippen LogP contribution < -0.4 is 16.9 Å². The second kappa shape index (κ2) is 6.05. The highest BCUT2D eigenvalue weighted by molar-refractivity contribution is 5.81. The fraction of sp³-hybridized carbons (Fsp3) is 0.800. The highest BCUT2D eigenvalue weighted by Crippen LogP contribution is 1.75. The van der Waals surface area contributed by atoms with E-state index in [2.05, 4.69) is 10.2 Å². The topological polar surface area (TPSA) is 111 Å².